The minimum Gasteiger partial charge on any atom is -0.333 e. The molecule has 1 atom stereocenters. The van der Waals surface area contributed by atoms with Crippen molar-refractivity contribution in [3.8, 4) is 5.69 Å². The summed E-state index contributed by atoms with van der Waals surface area (Å²) in [5, 5.41) is 5.36. The van der Waals surface area contributed by atoms with E-state index >= 15 is 0 Å². The molecule has 9 heteroatoms. The first-order valence-electron chi connectivity index (χ1n) is 10.2. The monoisotopic (exact) mass is 440 g/mol. The van der Waals surface area contributed by atoms with E-state index in [1.54, 1.807) is 53.4 Å². The van der Waals surface area contributed by atoms with Gasteiger partial charge in [0.2, 0.25) is 10.0 Å². The summed E-state index contributed by atoms with van der Waals surface area (Å²) in [6, 6.07) is 15.6. The zero-order valence-electron chi connectivity index (χ0n) is 17.2. The summed E-state index contributed by atoms with van der Waals surface area (Å²) in [4.78, 5) is 28.3. The molecule has 1 aromatic heterocycles. The molecule has 31 heavy (non-hydrogen) atoms. The lowest BCUT2D eigenvalue weighted by Crippen LogP contribution is -2.49. The highest BCUT2D eigenvalue weighted by Gasteiger charge is 2.30. The molecule has 1 saturated heterocycles. The molecule has 1 aliphatic heterocycles. The summed E-state index contributed by atoms with van der Waals surface area (Å²) in [7, 11) is -3.37. The van der Waals surface area contributed by atoms with Gasteiger partial charge in [0.25, 0.3) is 11.5 Å². The fraction of sp³-hybridized carbons (Fsp3) is 0.318. The number of rotatable bonds is 5. The molecule has 1 amide bonds. The Kier molecular flexibility index (Phi) is 5.88. The molecule has 0 spiro atoms. The van der Waals surface area contributed by atoms with E-state index in [0.29, 0.717) is 29.4 Å². The van der Waals surface area contributed by atoms with Gasteiger partial charge < -0.3 is 4.90 Å². The van der Waals surface area contributed by atoms with Gasteiger partial charge in [-0.25, -0.2) is 13.1 Å². The van der Waals surface area contributed by atoms with Crippen LogP contribution in [0.4, 0.5) is 0 Å². The van der Waals surface area contributed by atoms with Crippen molar-refractivity contribution in [3.05, 3.63) is 70.6 Å². The molecule has 162 valence electrons. The number of sulfonamides is 1. The number of carbonyl (C=O) groups excluding carboxylic acids is 1. The van der Waals surface area contributed by atoms with Gasteiger partial charge in [0, 0.05) is 24.5 Å². The Morgan fingerprint density at radius 2 is 1.74 bits per heavy atom. The van der Waals surface area contributed by atoms with E-state index in [9.17, 15) is 18.0 Å². The van der Waals surface area contributed by atoms with Crippen molar-refractivity contribution in [1.29, 1.82) is 0 Å². The van der Waals surface area contributed by atoms with Gasteiger partial charge in [-0.2, -0.15) is 9.78 Å². The molecular formula is C22H24N4O4S. The summed E-state index contributed by atoms with van der Waals surface area (Å²) < 4.78 is 26.9. The maximum atomic E-state index is 13.6. The van der Waals surface area contributed by atoms with E-state index in [1.807, 2.05) is 6.07 Å². The van der Waals surface area contributed by atoms with Crippen LogP contribution in [0.5, 0.6) is 0 Å². The summed E-state index contributed by atoms with van der Waals surface area (Å²) >= 11 is 0. The van der Waals surface area contributed by atoms with Crippen molar-refractivity contribution in [1.82, 2.24) is 19.4 Å². The molecule has 1 fully saturated rings. The molecule has 1 N–H and O–H groups in total. The van der Waals surface area contributed by atoms with E-state index < -0.39 is 10.0 Å². The molecule has 8 nitrogen and oxygen atoms in total. The largest absolute Gasteiger partial charge is 0.333 e. The van der Waals surface area contributed by atoms with Gasteiger partial charge in [0.1, 0.15) is 0 Å². The molecule has 3 aromatic rings. The average molecular weight is 441 g/mol. The average Bonchev–Trinajstić information content (AvgIpc) is 2.78. The van der Waals surface area contributed by atoms with Gasteiger partial charge in [-0.3, -0.25) is 9.59 Å². The summed E-state index contributed by atoms with van der Waals surface area (Å²) in [5.41, 5.74) is 0.457. The number of nitrogens with zero attached hydrogens (tertiary/aromatic N) is 3. The molecular weight excluding hydrogens is 416 g/mol. The van der Waals surface area contributed by atoms with Crippen molar-refractivity contribution in [2.24, 2.45) is 0 Å². The topological polar surface area (TPSA) is 101 Å². The normalized spacial score (nSPS) is 17.1. The molecule has 2 aromatic carbocycles. The second-order valence-electron chi connectivity index (χ2n) is 7.72. The van der Waals surface area contributed by atoms with Crippen molar-refractivity contribution in [2.45, 2.75) is 25.3 Å². The summed E-state index contributed by atoms with van der Waals surface area (Å²) in [5.74, 6) is -0.305. The minimum absolute atomic E-state index is 0.154. The number of benzene rings is 2. The van der Waals surface area contributed by atoms with Gasteiger partial charge in [-0.15, -0.1) is 0 Å². The predicted molar refractivity (Wildman–Crippen MR) is 119 cm³/mol. The zero-order chi connectivity index (χ0) is 22.0. The zero-order valence-corrected chi connectivity index (χ0v) is 18.0. The molecule has 1 unspecified atom stereocenters. The minimum atomic E-state index is -3.37. The van der Waals surface area contributed by atoms with E-state index in [1.165, 1.54) is 4.68 Å². The van der Waals surface area contributed by atoms with Gasteiger partial charge >= 0.3 is 0 Å². The maximum absolute atomic E-state index is 13.6. The Morgan fingerprint density at radius 1 is 1.06 bits per heavy atom. The van der Waals surface area contributed by atoms with Crippen molar-refractivity contribution in [2.75, 3.05) is 19.3 Å². The Morgan fingerprint density at radius 3 is 2.45 bits per heavy atom. The predicted octanol–water partition coefficient (Wildman–Crippen LogP) is 1.93. The summed E-state index contributed by atoms with van der Waals surface area (Å²) in [6.45, 7) is 0.663. The van der Waals surface area contributed by atoms with Crippen LogP contribution in [0, 0.1) is 0 Å². The van der Waals surface area contributed by atoms with E-state index in [2.05, 4.69) is 9.82 Å². The van der Waals surface area contributed by atoms with E-state index in [4.69, 9.17) is 0 Å². The summed E-state index contributed by atoms with van der Waals surface area (Å²) in [6.07, 6.45) is 3.55. The molecule has 0 bridgehead atoms. The molecule has 4 rings (SSSR count). The maximum Gasteiger partial charge on any atom is 0.279 e. The van der Waals surface area contributed by atoms with Crippen LogP contribution in [-0.4, -0.2) is 54.4 Å². The Labute approximate surface area is 180 Å². The number of fused-ring (bicyclic) bond motifs is 1. The number of nitrogens with one attached hydrogen (secondary N) is 1. The van der Waals surface area contributed by atoms with Crippen molar-refractivity contribution >= 4 is 26.7 Å². The second kappa shape index (κ2) is 8.60. The van der Waals surface area contributed by atoms with Crippen LogP contribution in [0.1, 0.15) is 29.8 Å². The standard InChI is InChI=1S/C22H24N4O4S/c1-31(29,30)23-15-17-11-7-8-14-25(17)22(28)20-18-12-5-6-13-19(18)21(27)26(24-20)16-9-3-2-4-10-16/h2-6,9-10,12-13,17,23H,7-8,11,14-15H2,1H3. The number of amides is 1. The molecule has 0 aliphatic carbocycles. The number of likely N-dealkylation sites (tertiary alicyclic amines) is 1. The SMILES string of the molecule is CS(=O)(=O)NCC1CCCCN1C(=O)c1nn(-c2ccccc2)c(=O)c2ccccc12. The first-order chi connectivity index (χ1) is 14.8. The lowest BCUT2D eigenvalue weighted by atomic mass is 10.0. The highest BCUT2D eigenvalue weighted by atomic mass is 32.2. The van der Waals surface area contributed by atoms with E-state index in [0.717, 1.165) is 19.1 Å². The highest BCUT2D eigenvalue weighted by molar-refractivity contribution is 7.88. The first kappa shape index (κ1) is 21.2. The second-order valence-corrected chi connectivity index (χ2v) is 9.55. The van der Waals surface area contributed by atoms with Gasteiger partial charge in [-0.05, 0) is 37.5 Å². The number of hydrogen-bond acceptors (Lipinski definition) is 5. The molecule has 1 aliphatic rings. The lowest BCUT2D eigenvalue weighted by molar-refractivity contribution is 0.0613. The van der Waals surface area contributed by atoms with Crippen LogP contribution in [0.15, 0.2) is 59.4 Å². The number of hydrogen-bond donors (Lipinski definition) is 1. The number of piperidine rings is 1. The van der Waals surface area contributed by atoms with Crippen LogP contribution in [-0.2, 0) is 10.0 Å². The number of aromatic nitrogens is 2. The third kappa shape index (κ3) is 4.52. The van der Waals surface area contributed by atoms with Crippen molar-refractivity contribution in [3.63, 3.8) is 0 Å². The molecule has 0 saturated carbocycles. The fourth-order valence-electron chi connectivity index (χ4n) is 3.96. The third-order valence-corrected chi connectivity index (χ3v) is 6.17. The smallest absolute Gasteiger partial charge is 0.279 e. The van der Waals surface area contributed by atoms with Crippen LogP contribution >= 0.6 is 0 Å². The number of para-hydroxylation sites is 1. The fourth-order valence-corrected chi connectivity index (χ4v) is 4.45. The van der Waals surface area contributed by atoms with Crippen LogP contribution in [0.2, 0.25) is 0 Å². The van der Waals surface area contributed by atoms with Gasteiger partial charge in [-0.1, -0.05) is 36.4 Å². The first-order valence-corrected chi connectivity index (χ1v) is 12.1. The Hall–Kier alpha value is -3.04. The van der Waals surface area contributed by atoms with Crippen LogP contribution in [0.3, 0.4) is 0 Å². The van der Waals surface area contributed by atoms with Crippen molar-refractivity contribution < 1.29 is 13.2 Å². The highest BCUT2D eigenvalue weighted by Crippen LogP contribution is 2.22. The quantitative estimate of drug-likeness (QED) is 0.653. The Bertz CT molecular complexity index is 1270. The Balaban J connectivity index is 1.80. The third-order valence-electron chi connectivity index (χ3n) is 5.48. The van der Waals surface area contributed by atoms with Gasteiger partial charge in [0.05, 0.1) is 17.3 Å². The van der Waals surface area contributed by atoms with Crippen LogP contribution < -0.4 is 10.3 Å². The lowest BCUT2D eigenvalue weighted by Gasteiger charge is -2.35. The molecule has 2 heterocycles. The van der Waals surface area contributed by atoms with Crippen LogP contribution in [0.25, 0.3) is 16.5 Å². The van der Waals surface area contributed by atoms with E-state index in [-0.39, 0.29) is 29.7 Å². The van der Waals surface area contributed by atoms with Gasteiger partial charge in [0.15, 0.2) is 5.69 Å². The molecule has 0 radical (unpaired) electrons. The number of carbonyl (C=O) groups is 1.